The summed E-state index contributed by atoms with van der Waals surface area (Å²) in [5.41, 5.74) is 1.77. The Hall–Kier alpha value is -3.60. The van der Waals surface area contributed by atoms with Crippen molar-refractivity contribution < 1.29 is 36.7 Å². The first-order valence-electron chi connectivity index (χ1n) is 13.5. The number of anilines is 1. The number of esters is 1. The Morgan fingerprint density at radius 2 is 1.95 bits per heavy atom. The Bertz CT molecular complexity index is 1380. The number of pyridine rings is 1. The van der Waals surface area contributed by atoms with Gasteiger partial charge in [0, 0.05) is 36.3 Å². The van der Waals surface area contributed by atoms with Crippen LogP contribution < -0.4 is 9.64 Å². The molecule has 3 heterocycles. The van der Waals surface area contributed by atoms with Crippen LogP contribution in [-0.4, -0.2) is 49.0 Å². The van der Waals surface area contributed by atoms with E-state index in [0.717, 1.165) is 43.4 Å². The van der Waals surface area contributed by atoms with Gasteiger partial charge >= 0.3 is 12.6 Å². The van der Waals surface area contributed by atoms with Gasteiger partial charge in [-0.1, -0.05) is 17.3 Å². The van der Waals surface area contributed by atoms with Gasteiger partial charge in [0.2, 0.25) is 0 Å². The lowest BCUT2D eigenvalue weighted by molar-refractivity contribution is -0.0494. The van der Waals surface area contributed by atoms with E-state index in [1.54, 1.807) is 18.2 Å². The number of fused-ring (bicyclic) bond motifs is 1. The highest BCUT2D eigenvalue weighted by molar-refractivity contribution is 5.89. The number of aromatic nitrogens is 2. The van der Waals surface area contributed by atoms with Crippen LogP contribution in [0.2, 0.25) is 0 Å². The molecule has 1 aliphatic heterocycles. The zero-order valence-corrected chi connectivity index (χ0v) is 22.0. The molecule has 2 saturated carbocycles. The maximum absolute atomic E-state index is 14.8. The number of hydrogen-bond donors (Lipinski definition) is 0. The topological polar surface area (TPSA) is 86.9 Å². The zero-order chi connectivity index (χ0) is 27.8. The highest BCUT2D eigenvalue weighted by Gasteiger charge is 2.40. The van der Waals surface area contributed by atoms with Crippen molar-refractivity contribution in [2.75, 3.05) is 25.1 Å². The summed E-state index contributed by atoms with van der Waals surface area (Å²) in [5.74, 6) is 0.832. The summed E-state index contributed by atoms with van der Waals surface area (Å²) in [6.07, 6.45) is 5.92. The van der Waals surface area contributed by atoms with E-state index in [2.05, 4.69) is 14.9 Å². The summed E-state index contributed by atoms with van der Waals surface area (Å²) in [7, 11) is 1.25. The van der Waals surface area contributed by atoms with Gasteiger partial charge in [0.1, 0.15) is 17.2 Å². The summed E-state index contributed by atoms with van der Waals surface area (Å²) < 4.78 is 62.4. The molecule has 212 valence electrons. The van der Waals surface area contributed by atoms with Crippen LogP contribution in [0.5, 0.6) is 5.75 Å². The molecule has 1 saturated heterocycles. The SMILES string of the molecule is COC(=O)c1cnc(N2CC3CCC(OCc4c(-c5ccccc5OC(F)F)noc4C4CC4)CC3C2)c(F)c1. The van der Waals surface area contributed by atoms with Crippen LogP contribution >= 0.6 is 0 Å². The van der Waals surface area contributed by atoms with Crippen molar-refractivity contribution in [3.63, 3.8) is 0 Å². The van der Waals surface area contributed by atoms with Crippen LogP contribution in [0.3, 0.4) is 0 Å². The molecule has 0 radical (unpaired) electrons. The fourth-order valence-corrected chi connectivity index (χ4v) is 6.01. The second kappa shape index (κ2) is 11.1. The molecule has 0 spiro atoms. The van der Waals surface area contributed by atoms with E-state index in [9.17, 15) is 18.0 Å². The number of carbonyl (C=O) groups is 1. The molecule has 1 aromatic carbocycles. The van der Waals surface area contributed by atoms with Gasteiger partial charge in [-0.3, -0.25) is 0 Å². The number of methoxy groups -OCH3 is 1. The Labute approximate surface area is 229 Å². The molecule has 2 aromatic heterocycles. The van der Waals surface area contributed by atoms with Gasteiger partial charge < -0.3 is 23.6 Å². The normalized spacial score (nSPS) is 22.4. The van der Waals surface area contributed by atoms with Crippen molar-refractivity contribution in [1.82, 2.24) is 10.1 Å². The highest BCUT2D eigenvalue weighted by atomic mass is 19.3. The van der Waals surface area contributed by atoms with Gasteiger partial charge in [0.25, 0.3) is 0 Å². The van der Waals surface area contributed by atoms with Gasteiger partial charge in [-0.2, -0.15) is 8.78 Å². The van der Waals surface area contributed by atoms with Crippen LogP contribution in [0.25, 0.3) is 11.3 Å². The van der Waals surface area contributed by atoms with Crippen LogP contribution in [0.4, 0.5) is 19.0 Å². The Kier molecular flexibility index (Phi) is 7.39. The minimum Gasteiger partial charge on any atom is -0.465 e. The number of ether oxygens (including phenoxy) is 3. The minimum absolute atomic E-state index is 0.0110. The molecule has 0 bridgehead atoms. The third-order valence-electron chi connectivity index (χ3n) is 8.13. The Morgan fingerprint density at radius 3 is 2.70 bits per heavy atom. The molecule has 3 atom stereocenters. The summed E-state index contributed by atoms with van der Waals surface area (Å²) in [5, 5.41) is 4.25. The first-order valence-corrected chi connectivity index (χ1v) is 13.5. The number of para-hydroxylation sites is 1. The summed E-state index contributed by atoms with van der Waals surface area (Å²) in [6.45, 7) is -1.35. The Balaban J connectivity index is 1.14. The van der Waals surface area contributed by atoms with E-state index in [1.807, 2.05) is 4.90 Å². The molecule has 6 rings (SSSR count). The van der Waals surface area contributed by atoms with Gasteiger partial charge in [0.15, 0.2) is 11.6 Å². The average molecular weight is 558 g/mol. The average Bonchev–Trinajstić information content (AvgIpc) is 3.57. The van der Waals surface area contributed by atoms with Gasteiger partial charge in [-0.05, 0) is 62.1 Å². The highest BCUT2D eigenvalue weighted by Crippen LogP contribution is 2.46. The zero-order valence-electron chi connectivity index (χ0n) is 22.0. The predicted octanol–water partition coefficient (Wildman–Crippen LogP) is 5.96. The van der Waals surface area contributed by atoms with Crippen molar-refractivity contribution in [3.05, 3.63) is 59.2 Å². The lowest BCUT2D eigenvalue weighted by atomic mass is 9.80. The Morgan fingerprint density at radius 1 is 1.15 bits per heavy atom. The van der Waals surface area contributed by atoms with Gasteiger partial charge in [-0.15, -0.1) is 0 Å². The maximum Gasteiger partial charge on any atom is 0.387 e. The molecular formula is C29H30F3N3O5. The third kappa shape index (κ3) is 5.39. The first-order chi connectivity index (χ1) is 19.4. The van der Waals surface area contributed by atoms with Crippen LogP contribution in [0.15, 0.2) is 41.1 Å². The predicted molar refractivity (Wildman–Crippen MR) is 138 cm³/mol. The number of alkyl halides is 2. The molecule has 3 aliphatic rings. The van der Waals surface area contributed by atoms with E-state index in [4.69, 9.17) is 14.0 Å². The van der Waals surface area contributed by atoms with Crippen molar-refractivity contribution >= 4 is 11.8 Å². The monoisotopic (exact) mass is 557 g/mol. The smallest absolute Gasteiger partial charge is 0.387 e. The molecule has 11 heteroatoms. The summed E-state index contributed by atoms with van der Waals surface area (Å²) >= 11 is 0. The number of carbonyl (C=O) groups excluding carboxylic acids is 1. The molecule has 40 heavy (non-hydrogen) atoms. The largest absolute Gasteiger partial charge is 0.465 e. The number of benzene rings is 1. The van der Waals surface area contributed by atoms with E-state index in [0.29, 0.717) is 36.2 Å². The standard InChI is InChI=1S/C29H30F3N3O5/c1-37-28(36)18-11-23(30)27(33-12-18)35-13-17-8-9-20(10-19(17)14-35)38-15-22-25(34-40-26(22)16-6-7-16)21-4-2-3-5-24(21)39-29(31)32/h2-5,11-12,16-17,19-20,29H,6-10,13-15H2,1H3. The van der Waals surface area contributed by atoms with Crippen LogP contribution in [-0.2, 0) is 16.1 Å². The van der Waals surface area contributed by atoms with Crippen LogP contribution in [0, 0.1) is 17.7 Å². The molecule has 2 aliphatic carbocycles. The number of nitrogens with zero attached hydrogens (tertiary/aromatic N) is 3. The van der Waals surface area contributed by atoms with Crippen LogP contribution in [0.1, 0.15) is 59.7 Å². The third-order valence-corrected chi connectivity index (χ3v) is 8.13. The molecule has 3 aromatic rings. The van der Waals surface area contributed by atoms with E-state index >= 15 is 0 Å². The summed E-state index contributed by atoms with van der Waals surface area (Å²) in [6, 6.07) is 7.74. The van der Waals surface area contributed by atoms with Gasteiger partial charge in [-0.25, -0.2) is 14.2 Å². The molecule has 3 unspecified atom stereocenters. The fourth-order valence-electron chi connectivity index (χ4n) is 6.01. The van der Waals surface area contributed by atoms with E-state index < -0.39 is 18.4 Å². The van der Waals surface area contributed by atoms with E-state index in [-0.39, 0.29) is 35.8 Å². The maximum atomic E-state index is 14.8. The second-order valence-electron chi connectivity index (χ2n) is 10.7. The number of hydrogen-bond acceptors (Lipinski definition) is 8. The molecule has 8 nitrogen and oxygen atoms in total. The van der Waals surface area contributed by atoms with Gasteiger partial charge in [0.05, 0.1) is 25.4 Å². The van der Waals surface area contributed by atoms with Crippen molar-refractivity contribution in [1.29, 1.82) is 0 Å². The van der Waals surface area contributed by atoms with Crippen molar-refractivity contribution in [2.24, 2.45) is 11.8 Å². The number of halogens is 3. The lowest BCUT2D eigenvalue weighted by Crippen LogP contribution is -2.28. The fraction of sp³-hybridized carbons (Fsp3) is 0.483. The van der Waals surface area contributed by atoms with E-state index in [1.165, 1.54) is 25.4 Å². The molecule has 0 amide bonds. The first kappa shape index (κ1) is 26.6. The molecule has 3 fully saturated rings. The van der Waals surface area contributed by atoms with Crippen molar-refractivity contribution in [3.8, 4) is 17.0 Å². The lowest BCUT2D eigenvalue weighted by Gasteiger charge is -2.30. The van der Waals surface area contributed by atoms with Crippen molar-refractivity contribution in [2.45, 2.75) is 57.3 Å². The second-order valence-corrected chi connectivity index (χ2v) is 10.7. The summed E-state index contributed by atoms with van der Waals surface area (Å²) in [4.78, 5) is 17.9. The number of rotatable bonds is 9. The quantitative estimate of drug-likeness (QED) is 0.298. The molecular weight excluding hydrogens is 527 g/mol. The molecule has 0 N–H and O–H groups in total. The minimum atomic E-state index is -2.95.